The SMILES string of the molecule is CCS[C@@H]1C[C@@H]2[C@H](C[C@H]1SCC)C2(C)C. The van der Waals surface area contributed by atoms with Crippen LogP contribution < -0.4 is 0 Å². The van der Waals surface area contributed by atoms with Crippen LogP contribution in [0.1, 0.15) is 40.5 Å². The smallest absolute Gasteiger partial charge is 0.0169 e. The second kappa shape index (κ2) is 4.52. The first-order valence-electron chi connectivity index (χ1n) is 6.34. The molecule has 0 heterocycles. The molecule has 0 saturated heterocycles. The molecule has 2 fully saturated rings. The van der Waals surface area contributed by atoms with Gasteiger partial charge in [0.15, 0.2) is 0 Å². The first-order chi connectivity index (χ1) is 7.11. The van der Waals surface area contributed by atoms with E-state index in [1.54, 1.807) is 0 Å². The van der Waals surface area contributed by atoms with Crippen LogP contribution in [0.25, 0.3) is 0 Å². The van der Waals surface area contributed by atoms with Crippen LogP contribution in [0, 0.1) is 17.3 Å². The maximum absolute atomic E-state index is 2.48. The molecule has 0 unspecified atom stereocenters. The van der Waals surface area contributed by atoms with E-state index in [0.29, 0.717) is 5.41 Å². The largest absolute Gasteiger partial charge is 0.158 e. The standard InChI is InChI=1S/C13H24S2/c1-5-14-11-7-9-10(13(9,3)4)8-12(11)15-6-2/h9-12H,5-8H2,1-4H3/t9-,10+,11-,12-/m1/s1. The second-order valence-electron chi connectivity index (χ2n) is 5.49. The minimum Gasteiger partial charge on any atom is -0.158 e. The van der Waals surface area contributed by atoms with E-state index in [-0.39, 0.29) is 0 Å². The molecule has 2 aliphatic rings. The fourth-order valence-corrected chi connectivity index (χ4v) is 6.04. The van der Waals surface area contributed by atoms with Gasteiger partial charge in [-0.15, -0.1) is 0 Å². The van der Waals surface area contributed by atoms with Crippen LogP contribution in [-0.2, 0) is 0 Å². The highest BCUT2D eigenvalue weighted by Crippen LogP contribution is 2.67. The van der Waals surface area contributed by atoms with Crippen LogP contribution in [0.5, 0.6) is 0 Å². The van der Waals surface area contributed by atoms with Crippen LogP contribution in [0.4, 0.5) is 0 Å². The molecule has 0 radical (unpaired) electrons. The lowest BCUT2D eigenvalue weighted by molar-refractivity contribution is 0.502. The second-order valence-corrected chi connectivity index (χ2v) is 8.53. The summed E-state index contributed by atoms with van der Waals surface area (Å²) in [6.45, 7) is 9.58. The van der Waals surface area contributed by atoms with Crippen molar-refractivity contribution in [2.75, 3.05) is 11.5 Å². The third kappa shape index (κ3) is 2.22. The van der Waals surface area contributed by atoms with Crippen molar-refractivity contribution < 1.29 is 0 Å². The first kappa shape index (κ1) is 12.2. The van der Waals surface area contributed by atoms with Gasteiger partial charge in [0.2, 0.25) is 0 Å². The van der Waals surface area contributed by atoms with E-state index < -0.39 is 0 Å². The summed E-state index contributed by atoms with van der Waals surface area (Å²) in [6.07, 6.45) is 2.99. The number of hydrogen-bond donors (Lipinski definition) is 0. The van der Waals surface area contributed by atoms with Crippen LogP contribution in [0.15, 0.2) is 0 Å². The van der Waals surface area contributed by atoms with Gasteiger partial charge in [-0.1, -0.05) is 27.7 Å². The highest BCUT2D eigenvalue weighted by atomic mass is 32.2. The molecule has 15 heavy (non-hydrogen) atoms. The monoisotopic (exact) mass is 244 g/mol. The Morgan fingerprint density at radius 3 is 1.67 bits per heavy atom. The molecule has 0 N–H and O–H groups in total. The van der Waals surface area contributed by atoms with Crippen LogP contribution in [0.3, 0.4) is 0 Å². The van der Waals surface area contributed by atoms with E-state index >= 15 is 0 Å². The molecule has 0 nitrogen and oxygen atoms in total. The average molecular weight is 244 g/mol. The first-order valence-corrected chi connectivity index (χ1v) is 8.44. The highest BCUT2D eigenvalue weighted by molar-refractivity contribution is 8.03. The molecule has 0 bridgehead atoms. The summed E-state index contributed by atoms with van der Waals surface area (Å²) in [5.41, 5.74) is 0.676. The molecule has 2 heteroatoms. The minimum atomic E-state index is 0.676. The van der Waals surface area contributed by atoms with E-state index in [2.05, 4.69) is 51.2 Å². The molecule has 2 aliphatic carbocycles. The third-order valence-electron chi connectivity index (χ3n) is 4.44. The Balaban J connectivity index is 1.97. The van der Waals surface area contributed by atoms with E-state index in [1.165, 1.54) is 24.3 Å². The Morgan fingerprint density at radius 2 is 1.33 bits per heavy atom. The van der Waals surface area contributed by atoms with Crippen molar-refractivity contribution in [3.8, 4) is 0 Å². The Bertz CT molecular complexity index is 203. The van der Waals surface area contributed by atoms with E-state index in [1.807, 2.05) is 0 Å². The van der Waals surface area contributed by atoms with Gasteiger partial charge in [0.25, 0.3) is 0 Å². The molecule has 0 aliphatic heterocycles. The van der Waals surface area contributed by atoms with Crippen molar-refractivity contribution in [3.63, 3.8) is 0 Å². The predicted molar refractivity (Wildman–Crippen MR) is 73.8 cm³/mol. The summed E-state index contributed by atoms with van der Waals surface area (Å²) >= 11 is 4.42. The summed E-state index contributed by atoms with van der Waals surface area (Å²) in [5, 5.41) is 1.89. The van der Waals surface area contributed by atoms with Gasteiger partial charge in [-0.05, 0) is 41.6 Å². The van der Waals surface area contributed by atoms with Crippen molar-refractivity contribution in [3.05, 3.63) is 0 Å². The Labute approximate surface area is 103 Å². The van der Waals surface area contributed by atoms with Gasteiger partial charge < -0.3 is 0 Å². The fourth-order valence-electron chi connectivity index (χ4n) is 3.38. The predicted octanol–water partition coefficient (Wildman–Crippen LogP) is 4.30. The summed E-state index contributed by atoms with van der Waals surface area (Å²) in [5.74, 6) is 4.69. The normalized spacial score (nSPS) is 42.4. The van der Waals surface area contributed by atoms with Gasteiger partial charge in [-0.25, -0.2) is 0 Å². The topological polar surface area (TPSA) is 0 Å². The number of fused-ring (bicyclic) bond motifs is 1. The summed E-state index contributed by atoms with van der Waals surface area (Å²) in [7, 11) is 0. The Morgan fingerprint density at radius 1 is 0.933 bits per heavy atom. The minimum absolute atomic E-state index is 0.676. The molecule has 0 aromatic carbocycles. The van der Waals surface area contributed by atoms with Crippen molar-refractivity contribution in [1.29, 1.82) is 0 Å². The number of rotatable bonds is 4. The average Bonchev–Trinajstić information content (AvgIpc) is 2.70. The third-order valence-corrected chi connectivity index (χ3v) is 7.17. The van der Waals surface area contributed by atoms with Gasteiger partial charge in [0.05, 0.1) is 0 Å². The summed E-state index contributed by atoms with van der Waals surface area (Å²) in [4.78, 5) is 0. The highest BCUT2D eigenvalue weighted by Gasteiger charge is 2.61. The van der Waals surface area contributed by atoms with Crippen molar-refractivity contribution in [1.82, 2.24) is 0 Å². The van der Waals surface area contributed by atoms with Crippen molar-refractivity contribution in [2.45, 2.75) is 51.0 Å². The van der Waals surface area contributed by atoms with E-state index in [0.717, 1.165) is 22.3 Å². The lowest BCUT2D eigenvalue weighted by atomic mass is 10.00. The van der Waals surface area contributed by atoms with Crippen LogP contribution in [0.2, 0.25) is 0 Å². The summed E-state index contributed by atoms with van der Waals surface area (Å²) in [6, 6.07) is 0. The zero-order valence-corrected chi connectivity index (χ0v) is 12.1. The molecule has 0 aromatic rings. The van der Waals surface area contributed by atoms with Gasteiger partial charge in [-0.2, -0.15) is 23.5 Å². The molecule has 0 spiro atoms. The molecule has 88 valence electrons. The van der Waals surface area contributed by atoms with Crippen molar-refractivity contribution >= 4 is 23.5 Å². The van der Waals surface area contributed by atoms with E-state index in [4.69, 9.17) is 0 Å². The fraction of sp³-hybridized carbons (Fsp3) is 1.00. The van der Waals surface area contributed by atoms with Gasteiger partial charge >= 0.3 is 0 Å². The number of thioether (sulfide) groups is 2. The molecular formula is C13H24S2. The molecule has 2 saturated carbocycles. The van der Waals surface area contributed by atoms with Crippen LogP contribution >= 0.6 is 23.5 Å². The maximum atomic E-state index is 2.48. The quantitative estimate of drug-likeness (QED) is 0.723. The number of hydrogen-bond acceptors (Lipinski definition) is 2. The molecular weight excluding hydrogens is 220 g/mol. The van der Waals surface area contributed by atoms with Gasteiger partial charge in [0.1, 0.15) is 0 Å². The lowest BCUT2D eigenvalue weighted by Crippen LogP contribution is -2.26. The van der Waals surface area contributed by atoms with Gasteiger partial charge in [0, 0.05) is 10.5 Å². The Kier molecular flexibility index (Phi) is 3.67. The molecule has 4 atom stereocenters. The lowest BCUT2D eigenvalue weighted by Gasteiger charge is -2.29. The van der Waals surface area contributed by atoms with Gasteiger partial charge in [-0.3, -0.25) is 0 Å². The van der Waals surface area contributed by atoms with E-state index in [9.17, 15) is 0 Å². The molecule has 0 amide bonds. The van der Waals surface area contributed by atoms with Crippen LogP contribution in [-0.4, -0.2) is 22.0 Å². The zero-order valence-electron chi connectivity index (χ0n) is 10.5. The van der Waals surface area contributed by atoms with Crippen molar-refractivity contribution in [2.24, 2.45) is 17.3 Å². The molecule has 2 rings (SSSR count). The zero-order chi connectivity index (χ0) is 11.1. The summed E-state index contributed by atoms with van der Waals surface area (Å²) < 4.78 is 0. The molecule has 0 aromatic heterocycles. The maximum Gasteiger partial charge on any atom is 0.0169 e. The Hall–Kier alpha value is 0.700.